The minimum Gasteiger partial charge on any atom is -0.348 e. The summed E-state index contributed by atoms with van der Waals surface area (Å²) in [6.07, 6.45) is 13.6. The SMILES string of the molecule is C=Cc1cccc(/C=C/C=c2\[nH]c(=O)/c(=C/C=C/c3nc[nH]c3C(C)(C)C)[nH]c2=O)c1. The van der Waals surface area contributed by atoms with Crippen molar-refractivity contribution in [2.24, 2.45) is 0 Å². The Morgan fingerprint density at radius 1 is 0.935 bits per heavy atom. The maximum Gasteiger partial charge on any atom is 0.272 e. The summed E-state index contributed by atoms with van der Waals surface area (Å²) in [7, 11) is 0. The molecule has 31 heavy (non-hydrogen) atoms. The molecule has 3 aromatic rings. The first kappa shape index (κ1) is 21.8. The number of H-pyrrole nitrogens is 3. The number of hydrogen-bond donors (Lipinski definition) is 3. The minimum atomic E-state index is -0.379. The van der Waals surface area contributed by atoms with Gasteiger partial charge in [0.2, 0.25) is 0 Å². The van der Waals surface area contributed by atoms with Gasteiger partial charge in [-0.25, -0.2) is 4.98 Å². The molecular formula is C25H26N4O2. The van der Waals surface area contributed by atoms with Crippen LogP contribution in [0, 0.1) is 0 Å². The predicted octanol–water partition coefficient (Wildman–Crippen LogP) is 2.71. The number of hydrogen-bond acceptors (Lipinski definition) is 3. The first-order chi connectivity index (χ1) is 14.8. The second-order valence-corrected chi connectivity index (χ2v) is 8.07. The van der Waals surface area contributed by atoms with Crippen LogP contribution in [-0.2, 0) is 5.41 Å². The lowest BCUT2D eigenvalue weighted by Gasteiger charge is -2.16. The van der Waals surface area contributed by atoms with Gasteiger partial charge in [-0.05, 0) is 35.4 Å². The van der Waals surface area contributed by atoms with E-state index in [9.17, 15) is 9.59 Å². The van der Waals surface area contributed by atoms with Crippen LogP contribution in [-0.4, -0.2) is 19.9 Å². The van der Waals surface area contributed by atoms with Gasteiger partial charge in [0.25, 0.3) is 11.1 Å². The number of aromatic nitrogens is 4. The van der Waals surface area contributed by atoms with E-state index < -0.39 is 0 Å². The van der Waals surface area contributed by atoms with Gasteiger partial charge in [0.05, 0.1) is 12.0 Å². The molecule has 3 N–H and O–H groups in total. The molecule has 6 nitrogen and oxygen atoms in total. The van der Waals surface area contributed by atoms with Crippen molar-refractivity contribution in [3.63, 3.8) is 0 Å². The summed E-state index contributed by atoms with van der Waals surface area (Å²) in [6.45, 7) is 10.0. The van der Waals surface area contributed by atoms with Crippen molar-refractivity contribution >= 4 is 30.4 Å². The van der Waals surface area contributed by atoms with Gasteiger partial charge in [-0.3, -0.25) is 9.59 Å². The van der Waals surface area contributed by atoms with Crippen LogP contribution in [0.1, 0.15) is 43.3 Å². The predicted molar refractivity (Wildman–Crippen MR) is 128 cm³/mol. The van der Waals surface area contributed by atoms with Crippen molar-refractivity contribution in [2.75, 3.05) is 0 Å². The summed E-state index contributed by atoms with van der Waals surface area (Å²) >= 11 is 0. The lowest BCUT2D eigenvalue weighted by Crippen LogP contribution is -2.46. The fourth-order valence-electron chi connectivity index (χ4n) is 3.04. The molecule has 0 radical (unpaired) electrons. The van der Waals surface area contributed by atoms with Crippen LogP contribution < -0.4 is 21.8 Å². The van der Waals surface area contributed by atoms with Gasteiger partial charge >= 0.3 is 0 Å². The van der Waals surface area contributed by atoms with Gasteiger partial charge in [0, 0.05) is 11.1 Å². The largest absolute Gasteiger partial charge is 0.348 e. The van der Waals surface area contributed by atoms with Crippen molar-refractivity contribution in [3.05, 3.63) is 103 Å². The minimum absolute atomic E-state index is 0.0834. The molecule has 0 unspecified atom stereocenters. The van der Waals surface area contributed by atoms with E-state index in [0.29, 0.717) is 0 Å². The molecule has 3 rings (SSSR count). The molecule has 158 valence electrons. The van der Waals surface area contributed by atoms with Crippen LogP contribution in [0.5, 0.6) is 0 Å². The van der Waals surface area contributed by atoms with E-state index in [1.54, 1.807) is 42.8 Å². The van der Waals surface area contributed by atoms with Crippen LogP contribution >= 0.6 is 0 Å². The lowest BCUT2D eigenvalue weighted by atomic mass is 9.90. The molecule has 0 aliphatic rings. The van der Waals surface area contributed by atoms with Gasteiger partial charge in [-0.1, -0.05) is 69.9 Å². The summed E-state index contributed by atoms with van der Waals surface area (Å²) in [6, 6.07) is 7.80. The van der Waals surface area contributed by atoms with E-state index >= 15 is 0 Å². The zero-order valence-electron chi connectivity index (χ0n) is 17.9. The summed E-state index contributed by atoms with van der Waals surface area (Å²) in [5.74, 6) is 0. The fourth-order valence-corrected chi connectivity index (χ4v) is 3.04. The highest BCUT2D eigenvalue weighted by molar-refractivity contribution is 5.61. The number of imidazole rings is 1. The highest BCUT2D eigenvalue weighted by atomic mass is 16.1. The molecule has 2 heterocycles. The Morgan fingerprint density at radius 2 is 1.55 bits per heavy atom. The Bertz CT molecular complexity index is 1380. The highest BCUT2D eigenvalue weighted by Gasteiger charge is 2.18. The molecule has 0 saturated heterocycles. The Hall–Kier alpha value is -3.93. The van der Waals surface area contributed by atoms with Crippen LogP contribution in [0.4, 0.5) is 0 Å². The summed E-state index contributed by atoms with van der Waals surface area (Å²) in [5.41, 5.74) is 2.92. The van der Waals surface area contributed by atoms with Gasteiger partial charge < -0.3 is 15.0 Å². The third kappa shape index (κ3) is 5.57. The van der Waals surface area contributed by atoms with Crippen molar-refractivity contribution < 1.29 is 0 Å². The van der Waals surface area contributed by atoms with Crippen LogP contribution in [0.25, 0.3) is 30.4 Å². The lowest BCUT2D eigenvalue weighted by molar-refractivity contribution is 0.571. The van der Waals surface area contributed by atoms with Crippen LogP contribution in [0.2, 0.25) is 0 Å². The molecule has 0 aliphatic heterocycles. The fraction of sp³-hybridized carbons (Fsp3) is 0.160. The van der Waals surface area contributed by atoms with E-state index in [-0.39, 0.29) is 27.2 Å². The zero-order chi connectivity index (χ0) is 22.4. The molecule has 0 amide bonds. The van der Waals surface area contributed by atoms with Gasteiger partial charge in [-0.2, -0.15) is 0 Å². The zero-order valence-corrected chi connectivity index (χ0v) is 17.9. The molecule has 2 aromatic heterocycles. The number of nitrogens with one attached hydrogen (secondary N) is 3. The molecule has 0 fully saturated rings. The molecule has 0 saturated carbocycles. The van der Waals surface area contributed by atoms with E-state index in [1.807, 2.05) is 30.3 Å². The normalized spacial score (nSPS) is 13.5. The van der Waals surface area contributed by atoms with Gasteiger partial charge in [0.15, 0.2) is 0 Å². The van der Waals surface area contributed by atoms with Crippen molar-refractivity contribution in [1.82, 2.24) is 19.9 Å². The van der Waals surface area contributed by atoms with Crippen molar-refractivity contribution in [3.8, 4) is 0 Å². The Balaban J connectivity index is 1.87. The molecule has 0 atom stereocenters. The van der Waals surface area contributed by atoms with E-state index in [1.165, 1.54) is 0 Å². The molecular weight excluding hydrogens is 388 g/mol. The Labute approximate surface area is 180 Å². The Morgan fingerprint density at radius 3 is 2.16 bits per heavy atom. The summed E-state index contributed by atoms with van der Waals surface area (Å²) in [4.78, 5) is 37.4. The third-order valence-electron chi connectivity index (χ3n) is 4.62. The Kier molecular flexibility index (Phi) is 6.50. The van der Waals surface area contributed by atoms with Gasteiger partial charge in [0.1, 0.15) is 10.7 Å². The quantitative estimate of drug-likeness (QED) is 0.599. The highest BCUT2D eigenvalue weighted by Crippen LogP contribution is 2.23. The average molecular weight is 415 g/mol. The molecule has 0 spiro atoms. The summed E-state index contributed by atoms with van der Waals surface area (Å²) < 4.78 is 0. The van der Waals surface area contributed by atoms with Gasteiger partial charge in [-0.15, -0.1) is 0 Å². The number of allylic oxidation sites excluding steroid dienone is 2. The molecule has 0 bridgehead atoms. The average Bonchev–Trinajstić information content (AvgIpc) is 3.20. The van der Waals surface area contributed by atoms with Crippen molar-refractivity contribution in [1.29, 1.82) is 0 Å². The number of rotatable bonds is 5. The number of aromatic amines is 3. The molecule has 1 aromatic carbocycles. The van der Waals surface area contributed by atoms with Crippen LogP contribution in [0.3, 0.4) is 0 Å². The third-order valence-corrected chi connectivity index (χ3v) is 4.62. The van der Waals surface area contributed by atoms with E-state index in [0.717, 1.165) is 22.5 Å². The smallest absolute Gasteiger partial charge is 0.272 e. The second-order valence-electron chi connectivity index (χ2n) is 8.07. The maximum absolute atomic E-state index is 12.4. The summed E-state index contributed by atoms with van der Waals surface area (Å²) in [5, 5.41) is 0.360. The van der Waals surface area contributed by atoms with Crippen LogP contribution in [0.15, 0.2) is 58.9 Å². The topological polar surface area (TPSA) is 94.4 Å². The first-order valence-electron chi connectivity index (χ1n) is 9.94. The van der Waals surface area contributed by atoms with Crippen molar-refractivity contribution in [2.45, 2.75) is 26.2 Å². The molecule has 6 heteroatoms. The molecule has 0 aliphatic carbocycles. The second kappa shape index (κ2) is 9.26. The maximum atomic E-state index is 12.4. The number of nitrogens with zero attached hydrogens (tertiary/aromatic N) is 1. The standard InChI is InChI=1S/C25H26N4O2/c1-5-17-9-6-10-18(15-17)11-7-13-20-23(30)29-21(24(31)28-20)14-8-12-19-22(25(2,3)4)27-16-26-19/h5-16H,1H2,2-4H3,(H,26,27)(H,28,31)(H,29,30)/b11-7+,12-8+,20-13-,21-14-. The first-order valence-corrected chi connectivity index (χ1v) is 9.94. The number of benzene rings is 1. The monoisotopic (exact) mass is 414 g/mol. The van der Waals surface area contributed by atoms with E-state index in [2.05, 4.69) is 47.3 Å². The van der Waals surface area contributed by atoms with E-state index in [4.69, 9.17) is 0 Å².